The smallest absolute Gasteiger partial charge is 0.289 e. The van der Waals surface area contributed by atoms with Gasteiger partial charge in [0.15, 0.2) is 11.7 Å². The molecule has 9 nitrogen and oxygen atoms in total. The molecule has 1 saturated heterocycles. The molecule has 1 aliphatic heterocycles. The second kappa shape index (κ2) is 10.1. The SMILES string of the molecule is CN=C(NCc1ccc([N+](=O)[O-])cc1)N1CCN(C(=O)c2ccco2)CC1.I. The highest BCUT2D eigenvalue weighted by Crippen LogP contribution is 2.12. The number of nitrogens with one attached hydrogen (secondary N) is 1. The monoisotopic (exact) mass is 499 g/mol. The molecule has 0 atom stereocenters. The van der Waals surface area contributed by atoms with Gasteiger partial charge in [-0.1, -0.05) is 12.1 Å². The van der Waals surface area contributed by atoms with Gasteiger partial charge in [0.25, 0.3) is 11.6 Å². The Balaban J connectivity index is 0.00000280. The van der Waals surface area contributed by atoms with Crippen molar-refractivity contribution < 1.29 is 14.1 Å². The number of carbonyl (C=O) groups excluding carboxylic acids is 1. The molecule has 1 fully saturated rings. The van der Waals surface area contributed by atoms with Gasteiger partial charge in [-0.25, -0.2) is 0 Å². The van der Waals surface area contributed by atoms with Crippen molar-refractivity contribution in [2.45, 2.75) is 6.54 Å². The van der Waals surface area contributed by atoms with Crippen LogP contribution in [-0.4, -0.2) is 59.8 Å². The number of piperazine rings is 1. The predicted molar refractivity (Wildman–Crippen MR) is 115 cm³/mol. The molecule has 0 unspecified atom stereocenters. The number of guanidine groups is 1. The van der Waals surface area contributed by atoms with Crippen LogP contribution in [0.3, 0.4) is 0 Å². The normalized spacial score (nSPS) is 14.4. The first-order valence-corrected chi connectivity index (χ1v) is 8.60. The number of nitro benzene ring substituents is 1. The number of furan rings is 1. The number of nitro groups is 1. The van der Waals surface area contributed by atoms with Crippen molar-refractivity contribution in [1.29, 1.82) is 0 Å². The third-order valence-corrected chi connectivity index (χ3v) is 4.41. The van der Waals surface area contributed by atoms with E-state index in [1.807, 2.05) is 0 Å². The fourth-order valence-electron chi connectivity index (χ4n) is 2.93. The topological polar surface area (TPSA) is 104 Å². The Kier molecular flexibility index (Phi) is 7.79. The van der Waals surface area contributed by atoms with E-state index in [2.05, 4.69) is 15.2 Å². The van der Waals surface area contributed by atoms with Crippen molar-refractivity contribution in [3.8, 4) is 0 Å². The van der Waals surface area contributed by atoms with Crippen LogP contribution in [0, 0.1) is 10.1 Å². The van der Waals surface area contributed by atoms with Crippen LogP contribution >= 0.6 is 24.0 Å². The number of non-ortho nitro benzene ring substituents is 1. The van der Waals surface area contributed by atoms with Gasteiger partial charge in [-0.3, -0.25) is 19.9 Å². The van der Waals surface area contributed by atoms with Crippen LogP contribution in [0.5, 0.6) is 0 Å². The number of carbonyl (C=O) groups is 1. The van der Waals surface area contributed by atoms with E-state index in [-0.39, 0.29) is 35.6 Å². The van der Waals surface area contributed by atoms with Crippen LogP contribution in [-0.2, 0) is 6.54 Å². The second-order valence-electron chi connectivity index (χ2n) is 6.08. The van der Waals surface area contributed by atoms with E-state index in [1.54, 1.807) is 36.2 Å². The Hall–Kier alpha value is -2.63. The highest BCUT2D eigenvalue weighted by Gasteiger charge is 2.25. The van der Waals surface area contributed by atoms with Gasteiger partial charge in [-0.05, 0) is 17.7 Å². The molecule has 0 aliphatic carbocycles. The summed E-state index contributed by atoms with van der Waals surface area (Å²) < 4.78 is 5.17. The van der Waals surface area contributed by atoms with Crippen molar-refractivity contribution in [3.05, 3.63) is 64.1 Å². The first-order valence-electron chi connectivity index (χ1n) is 8.60. The summed E-state index contributed by atoms with van der Waals surface area (Å²) in [7, 11) is 1.71. The van der Waals surface area contributed by atoms with Gasteiger partial charge in [-0.15, -0.1) is 24.0 Å². The van der Waals surface area contributed by atoms with E-state index < -0.39 is 4.92 Å². The minimum absolute atomic E-state index is 0. The van der Waals surface area contributed by atoms with Gasteiger partial charge in [0.05, 0.1) is 11.2 Å². The van der Waals surface area contributed by atoms with Crippen LogP contribution in [0.25, 0.3) is 0 Å². The van der Waals surface area contributed by atoms with Crippen molar-refractivity contribution in [3.63, 3.8) is 0 Å². The number of benzene rings is 1. The van der Waals surface area contributed by atoms with E-state index in [0.29, 0.717) is 38.5 Å². The number of hydrogen-bond acceptors (Lipinski definition) is 5. The van der Waals surface area contributed by atoms with Crippen molar-refractivity contribution in [2.24, 2.45) is 4.99 Å². The third kappa shape index (κ3) is 5.21. The maximum atomic E-state index is 12.3. The molecule has 2 aromatic rings. The van der Waals surface area contributed by atoms with Gasteiger partial charge in [0, 0.05) is 51.9 Å². The van der Waals surface area contributed by atoms with Crippen LogP contribution in [0.15, 0.2) is 52.1 Å². The van der Waals surface area contributed by atoms with E-state index in [1.165, 1.54) is 18.4 Å². The van der Waals surface area contributed by atoms with Crippen LogP contribution in [0.1, 0.15) is 16.1 Å². The Bertz CT molecular complexity index is 815. The summed E-state index contributed by atoms with van der Waals surface area (Å²) in [5.41, 5.74) is 0.994. The number of hydrogen-bond donors (Lipinski definition) is 1. The lowest BCUT2D eigenvalue weighted by Gasteiger charge is -2.36. The molecule has 28 heavy (non-hydrogen) atoms. The molecule has 1 N–H and O–H groups in total. The zero-order valence-corrected chi connectivity index (χ0v) is 17.7. The minimum atomic E-state index is -0.417. The molecule has 2 heterocycles. The number of halogens is 1. The molecule has 1 aromatic carbocycles. The summed E-state index contributed by atoms with van der Waals surface area (Å²) in [4.78, 5) is 30.7. The zero-order valence-electron chi connectivity index (χ0n) is 15.4. The highest BCUT2D eigenvalue weighted by molar-refractivity contribution is 14.0. The Morgan fingerprint density at radius 1 is 1.18 bits per heavy atom. The molecule has 0 spiro atoms. The van der Waals surface area contributed by atoms with Crippen molar-refractivity contribution in [1.82, 2.24) is 15.1 Å². The lowest BCUT2D eigenvalue weighted by Crippen LogP contribution is -2.53. The Morgan fingerprint density at radius 2 is 1.82 bits per heavy atom. The average Bonchev–Trinajstić information content (AvgIpc) is 3.23. The molecular weight excluding hydrogens is 477 g/mol. The standard InChI is InChI=1S/C18H21N5O4.HI/c1-19-18(20-13-14-4-6-15(7-5-14)23(25)26)22-10-8-21(9-11-22)17(24)16-3-2-12-27-16;/h2-7,12H,8-11,13H2,1H3,(H,19,20);1H. The summed E-state index contributed by atoms with van der Waals surface area (Å²) in [6.45, 7) is 2.99. The fourth-order valence-corrected chi connectivity index (χ4v) is 2.93. The summed E-state index contributed by atoms with van der Waals surface area (Å²) in [6, 6.07) is 9.78. The van der Waals surface area contributed by atoms with Crippen molar-refractivity contribution >= 4 is 41.5 Å². The highest BCUT2D eigenvalue weighted by atomic mass is 127. The molecule has 1 amide bonds. The lowest BCUT2D eigenvalue weighted by molar-refractivity contribution is -0.384. The van der Waals surface area contributed by atoms with Crippen molar-refractivity contribution in [2.75, 3.05) is 33.2 Å². The van der Waals surface area contributed by atoms with Gasteiger partial charge in [0.1, 0.15) is 0 Å². The zero-order chi connectivity index (χ0) is 19.2. The summed E-state index contributed by atoms with van der Waals surface area (Å²) in [5, 5.41) is 14.0. The molecule has 0 bridgehead atoms. The molecule has 0 radical (unpaired) electrons. The van der Waals surface area contributed by atoms with Gasteiger partial charge in [0.2, 0.25) is 0 Å². The molecule has 10 heteroatoms. The lowest BCUT2D eigenvalue weighted by atomic mass is 10.2. The number of rotatable bonds is 4. The van der Waals surface area contributed by atoms with Crippen LogP contribution in [0.4, 0.5) is 5.69 Å². The molecule has 1 aromatic heterocycles. The summed E-state index contributed by atoms with van der Waals surface area (Å²) in [6.07, 6.45) is 1.49. The molecule has 150 valence electrons. The summed E-state index contributed by atoms with van der Waals surface area (Å²) in [5.74, 6) is 0.982. The van der Waals surface area contributed by atoms with E-state index in [4.69, 9.17) is 4.42 Å². The number of amides is 1. The van der Waals surface area contributed by atoms with Gasteiger partial charge in [-0.2, -0.15) is 0 Å². The maximum absolute atomic E-state index is 12.3. The molecular formula is C18H22IN5O4. The first-order chi connectivity index (χ1) is 13.1. The van der Waals surface area contributed by atoms with Gasteiger partial charge < -0.3 is 19.5 Å². The Labute approximate surface area is 179 Å². The third-order valence-electron chi connectivity index (χ3n) is 4.41. The quantitative estimate of drug-likeness (QED) is 0.228. The van der Waals surface area contributed by atoms with E-state index in [9.17, 15) is 14.9 Å². The van der Waals surface area contributed by atoms with E-state index >= 15 is 0 Å². The predicted octanol–water partition coefficient (Wildman–Crippen LogP) is 2.34. The van der Waals surface area contributed by atoms with Crippen LogP contribution in [0.2, 0.25) is 0 Å². The molecule has 3 rings (SSSR count). The summed E-state index contributed by atoms with van der Waals surface area (Å²) >= 11 is 0. The average molecular weight is 499 g/mol. The maximum Gasteiger partial charge on any atom is 0.289 e. The van der Waals surface area contributed by atoms with Crippen LogP contribution < -0.4 is 5.32 Å². The molecule has 1 aliphatic rings. The van der Waals surface area contributed by atoms with E-state index in [0.717, 1.165) is 11.5 Å². The largest absolute Gasteiger partial charge is 0.459 e. The number of nitrogens with zero attached hydrogens (tertiary/aromatic N) is 4. The fraction of sp³-hybridized carbons (Fsp3) is 0.333. The van der Waals surface area contributed by atoms with Gasteiger partial charge >= 0.3 is 0 Å². The first kappa shape index (κ1) is 21.7. The minimum Gasteiger partial charge on any atom is -0.459 e. The molecule has 0 saturated carbocycles. The number of aliphatic imine (C=N–C) groups is 1. The Morgan fingerprint density at radius 3 is 2.36 bits per heavy atom. The second-order valence-corrected chi connectivity index (χ2v) is 6.08.